The molecule has 43 heavy (non-hydrogen) atoms. The summed E-state index contributed by atoms with van der Waals surface area (Å²) in [6.45, 7) is 2.61. The van der Waals surface area contributed by atoms with Gasteiger partial charge >= 0.3 is 13.7 Å². The fourth-order valence-corrected chi connectivity index (χ4v) is 9.11. The van der Waals surface area contributed by atoms with Gasteiger partial charge in [0.05, 0.1) is 0 Å². The van der Waals surface area contributed by atoms with Gasteiger partial charge in [0, 0.05) is 39.2 Å². The van der Waals surface area contributed by atoms with Crippen LogP contribution in [0, 0.1) is 0 Å². The molecule has 0 aliphatic carbocycles. The van der Waals surface area contributed by atoms with E-state index in [0.717, 1.165) is 6.42 Å². The van der Waals surface area contributed by atoms with Crippen LogP contribution in [0.3, 0.4) is 0 Å². The molecular formula is C38H27B2N3. The fraction of sp³-hybridized carbons (Fsp3) is 0.105. The number of anilines is 3. The van der Waals surface area contributed by atoms with E-state index in [4.69, 9.17) is 0 Å². The second kappa shape index (κ2) is 7.73. The van der Waals surface area contributed by atoms with Gasteiger partial charge in [-0.05, 0) is 98.8 Å². The van der Waals surface area contributed by atoms with Gasteiger partial charge in [0.2, 0.25) is 0 Å². The van der Waals surface area contributed by atoms with E-state index < -0.39 is 0 Å². The van der Waals surface area contributed by atoms with Crippen LogP contribution in [-0.2, 0) is 6.42 Å². The zero-order chi connectivity index (χ0) is 28.0. The smallest absolute Gasteiger partial charge is 0.332 e. The molecule has 0 amide bonds. The van der Waals surface area contributed by atoms with Gasteiger partial charge < -0.3 is 13.9 Å². The van der Waals surface area contributed by atoms with Crippen molar-refractivity contribution in [1.82, 2.24) is 8.96 Å². The first-order valence-electron chi connectivity index (χ1n) is 15.7. The number of nitrogens with zero attached hydrogens (tertiary/aromatic N) is 3. The number of rotatable bonds is 3. The molecule has 0 unspecified atom stereocenters. The Morgan fingerprint density at radius 1 is 0.558 bits per heavy atom. The topological polar surface area (TPSA) is 13.1 Å². The maximum absolute atomic E-state index is 2.65. The van der Waals surface area contributed by atoms with Gasteiger partial charge in [0.1, 0.15) is 0 Å². The largest absolute Gasteiger partial charge is 0.382 e. The predicted molar refractivity (Wildman–Crippen MR) is 182 cm³/mol. The van der Waals surface area contributed by atoms with Crippen LogP contribution in [0.25, 0.3) is 44.1 Å². The maximum Gasteiger partial charge on any atom is 0.332 e. The van der Waals surface area contributed by atoms with Crippen molar-refractivity contribution in [3.05, 3.63) is 115 Å². The molecule has 4 aliphatic rings. The molecule has 4 aliphatic heterocycles. The number of benzene rings is 5. The van der Waals surface area contributed by atoms with E-state index in [1.165, 1.54) is 101 Å². The van der Waals surface area contributed by atoms with E-state index >= 15 is 0 Å². The molecule has 5 aromatic carbocycles. The standard InChI is InChI=1S/C38H27B2N3/c1-2-3-8-23-17-18-30-38-33(23)40-35-27(29-14-5-10-25-20-22-42(40)37(25)29)12-7-16-32(35)43(38)31-15-6-11-26-28-13-4-9-24-19-21-41(36(24)28)39(30)34(26)31/h4-7,9-22H,2-3,8H2,1H3. The summed E-state index contributed by atoms with van der Waals surface area (Å²) in [5, 5.41) is 2.64. The minimum Gasteiger partial charge on any atom is -0.382 e. The third-order valence-electron chi connectivity index (χ3n) is 10.7. The van der Waals surface area contributed by atoms with Crippen molar-refractivity contribution in [1.29, 1.82) is 0 Å². The highest BCUT2D eigenvalue weighted by atomic mass is 15.2. The van der Waals surface area contributed by atoms with E-state index in [-0.39, 0.29) is 13.7 Å². The van der Waals surface area contributed by atoms with Gasteiger partial charge in [-0.1, -0.05) is 86.1 Å². The zero-order valence-corrected chi connectivity index (χ0v) is 24.0. The molecule has 0 bridgehead atoms. The second-order valence-electron chi connectivity index (χ2n) is 12.7. The van der Waals surface area contributed by atoms with Crippen molar-refractivity contribution in [2.45, 2.75) is 26.2 Å². The van der Waals surface area contributed by atoms with E-state index in [9.17, 15) is 0 Å². The van der Waals surface area contributed by atoms with Crippen molar-refractivity contribution < 1.29 is 0 Å². The quantitative estimate of drug-likeness (QED) is 0.237. The van der Waals surface area contributed by atoms with Crippen molar-refractivity contribution in [2.75, 3.05) is 4.90 Å². The average Bonchev–Trinajstić information content (AvgIpc) is 3.69. The Labute approximate surface area is 251 Å². The SMILES string of the molecule is CCCCc1ccc2c3c1B1c4c(cccc4N3c3cccc4c3B2n2ccc3cccc-4c32)-c2cccc3ccn1c23. The Bertz CT molecular complexity index is 2370. The third-order valence-corrected chi connectivity index (χ3v) is 10.7. The minimum absolute atomic E-state index is 0.147. The number of aromatic nitrogens is 2. The molecule has 0 spiro atoms. The molecule has 0 radical (unpaired) electrons. The lowest BCUT2D eigenvalue weighted by molar-refractivity contribution is 0.797. The predicted octanol–water partition coefficient (Wildman–Crippen LogP) is 6.30. The lowest BCUT2D eigenvalue weighted by Crippen LogP contribution is -2.65. The van der Waals surface area contributed by atoms with Gasteiger partial charge in [-0.15, -0.1) is 0 Å². The van der Waals surface area contributed by atoms with Gasteiger partial charge in [-0.2, -0.15) is 0 Å². The highest BCUT2D eigenvalue weighted by Gasteiger charge is 2.49. The number of hydrogen-bond acceptors (Lipinski definition) is 1. The summed E-state index contributed by atoms with van der Waals surface area (Å²) in [5.41, 5.74) is 19.5. The Hall–Kier alpha value is -4.89. The molecule has 6 heterocycles. The fourth-order valence-electron chi connectivity index (χ4n) is 9.11. The van der Waals surface area contributed by atoms with Gasteiger partial charge in [-0.3, -0.25) is 0 Å². The summed E-state index contributed by atoms with van der Waals surface area (Å²) >= 11 is 0. The maximum atomic E-state index is 2.65. The van der Waals surface area contributed by atoms with Crippen LogP contribution in [0.1, 0.15) is 25.3 Å². The highest BCUT2D eigenvalue weighted by molar-refractivity contribution is 6.94. The summed E-state index contributed by atoms with van der Waals surface area (Å²) in [6.07, 6.45) is 8.16. The zero-order valence-electron chi connectivity index (χ0n) is 24.0. The molecule has 0 N–H and O–H groups in total. The van der Waals surface area contributed by atoms with Gasteiger partial charge in [0.15, 0.2) is 0 Å². The molecule has 0 atom stereocenters. The molecule has 7 aromatic rings. The van der Waals surface area contributed by atoms with Crippen LogP contribution in [0.5, 0.6) is 0 Å². The molecule has 0 fully saturated rings. The number of fused-ring (bicyclic) bond motifs is 8. The lowest BCUT2D eigenvalue weighted by Gasteiger charge is -2.47. The van der Waals surface area contributed by atoms with E-state index in [0.29, 0.717) is 0 Å². The summed E-state index contributed by atoms with van der Waals surface area (Å²) in [4.78, 5) is 2.65. The van der Waals surface area contributed by atoms with Crippen LogP contribution in [0.4, 0.5) is 17.1 Å². The number of para-hydroxylation sites is 2. The summed E-state index contributed by atoms with van der Waals surface area (Å²) < 4.78 is 5.15. The van der Waals surface area contributed by atoms with Gasteiger partial charge in [0.25, 0.3) is 0 Å². The summed E-state index contributed by atoms with van der Waals surface area (Å²) in [7, 11) is 0. The van der Waals surface area contributed by atoms with Crippen LogP contribution in [-0.4, -0.2) is 22.7 Å². The molecule has 3 nitrogen and oxygen atoms in total. The first kappa shape index (κ1) is 22.7. The van der Waals surface area contributed by atoms with Crippen molar-refractivity contribution in [3.63, 3.8) is 0 Å². The number of hydrogen-bond donors (Lipinski definition) is 0. The Morgan fingerprint density at radius 3 is 1.79 bits per heavy atom. The van der Waals surface area contributed by atoms with Crippen LogP contribution in [0.15, 0.2) is 109 Å². The minimum atomic E-state index is 0.147. The molecule has 0 saturated heterocycles. The first-order chi connectivity index (χ1) is 21.3. The molecule has 5 heteroatoms. The monoisotopic (exact) mass is 547 g/mol. The normalized spacial score (nSPS) is 14.3. The average molecular weight is 547 g/mol. The molecular weight excluding hydrogens is 520 g/mol. The number of aryl methyl sites for hydroxylation is 1. The van der Waals surface area contributed by atoms with Crippen molar-refractivity contribution in [3.8, 4) is 22.3 Å². The Balaban J connectivity index is 1.32. The summed E-state index contributed by atoms with van der Waals surface area (Å²) in [5.74, 6) is 0. The number of unbranched alkanes of at least 4 members (excludes halogenated alkanes) is 1. The van der Waals surface area contributed by atoms with Crippen molar-refractivity contribution in [2.24, 2.45) is 0 Å². The molecule has 2 aromatic heterocycles. The molecule has 200 valence electrons. The Morgan fingerprint density at radius 2 is 1.14 bits per heavy atom. The van der Waals surface area contributed by atoms with E-state index in [2.05, 4.69) is 130 Å². The second-order valence-corrected chi connectivity index (χ2v) is 12.7. The van der Waals surface area contributed by atoms with E-state index in [1.807, 2.05) is 0 Å². The van der Waals surface area contributed by atoms with Crippen molar-refractivity contribution >= 4 is 74.4 Å². The van der Waals surface area contributed by atoms with Crippen LogP contribution in [0.2, 0.25) is 0 Å². The Kier molecular flexibility index (Phi) is 4.08. The lowest BCUT2D eigenvalue weighted by atomic mass is 9.39. The third kappa shape index (κ3) is 2.54. The molecule has 11 rings (SSSR count). The summed E-state index contributed by atoms with van der Waals surface area (Å²) in [6, 6.07) is 37.2. The van der Waals surface area contributed by atoms with E-state index in [1.54, 1.807) is 0 Å². The highest BCUT2D eigenvalue weighted by Crippen LogP contribution is 2.46. The van der Waals surface area contributed by atoms with Gasteiger partial charge in [-0.25, -0.2) is 0 Å². The first-order valence-corrected chi connectivity index (χ1v) is 15.7. The molecule has 0 saturated carbocycles. The van der Waals surface area contributed by atoms with Crippen LogP contribution < -0.4 is 26.8 Å². The van der Waals surface area contributed by atoms with Crippen LogP contribution >= 0.6 is 0 Å².